The molecule has 0 amide bonds. The first-order valence-electron chi connectivity index (χ1n) is 7.71. The maximum Gasteiger partial charge on any atom is 0.127 e. The van der Waals surface area contributed by atoms with Crippen LogP contribution in [0.5, 0.6) is 0 Å². The quantitative estimate of drug-likeness (QED) is 0.912. The Morgan fingerprint density at radius 1 is 1.35 bits per heavy atom. The fourth-order valence-electron chi connectivity index (χ4n) is 3.51. The van der Waals surface area contributed by atoms with Crippen molar-refractivity contribution in [2.45, 2.75) is 45.2 Å². The summed E-state index contributed by atoms with van der Waals surface area (Å²) in [6.07, 6.45) is 3.62. The Morgan fingerprint density at radius 2 is 2.05 bits per heavy atom. The summed E-state index contributed by atoms with van der Waals surface area (Å²) >= 11 is 0. The van der Waals surface area contributed by atoms with Crippen molar-refractivity contribution in [3.63, 3.8) is 0 Å². The molecule has 0 aromatic heterocycles. The lowest BCUT2D eigenvalue weighted by molar-refractivity contribution is 0.0776. The van der Waals surface area contributed by atoms with Crippen LogP contribution < -0.4 is 5.73 Å². The largest absolute Gasteiger partial charge is 0.330 e. The summed E-state index contributed by atoms with van der Waals surface area (Å²) < 4.78 is 14.0. The number of halogens is 1. The molecule has 1 aliphatic carbocycles. The van der Waals surface area contributed by atoms with Gasteiger partial charge in [-0.2, -0.15) is 0 Å². The average molecular weight is 278 g/mol. The number of rotatable bonds is 4. The lowest BCUT2D eigenvalue weighted by atomic mass is 9.78. The maximum absolute atomic E-state index is 14.0. The Bertz CT molecular complexity index is 435. The molecule has 0 heterocycles. The minimum atomic E-state index is -0.111. The highest BCUT2D eigenvalue weighted by molar-refractivity contribution is 5.21. The molecule has 2 rings (SSSR count). The van der Waals surface area contributed by atoms with E-state index in [0.717, 1.165) is 24.4 Å². The molecule has 1 aromatic rings. The van der Waals surface area contributed by atoms with Gasteiger partial charge in [-0.15, -0.1) is 0 Å². The van der Waals surface area contributed by atoms with Gasteiger partial charge < -0.3 is 5.73 Å². The predicted octanol–water partition coefficient (Wildman–Crippen LogP) is 3.58. The number of benzene rings is 1. The van der Waals surface area contributed by atoms with Gasteiger partial charge in [0.1, 0.15) is 5.82 Å². The van der Waals surface area contributed by atoms with Crippen LogP contribution in [0.1, 0.15) is 44.7 Å². The number of hydrogen-bond acceptors (Lipinski definition) is 2. The van der Waals surface area contributed by atoms with E-state index in [2.05, 4.69) is 25.8 Å². The van der Waals surface area contributed by atoms with E-state index in [9.17, 15) is 4.39 Å². The van der Waals surface area contributed by atoms with Crippen LogP contribution >= 0.6 is 0 Å². The molecule has 4 unspecified atom stereocenters. The highest BCUT2D eigenvalue weighted by Gasteiger charge is 2.33. The third-order valence-electron chi connectivity index (χ3n) is 5.01. The fourth-order valence-corrected chi connectivity index (χ4v) is 3.51. The molecule has 0 aliphatic heterocycles. The van der Waals surface area contributed by atoms with E-state index >= 15 is 0 Å². The number of nitrogens with zero attached hydrogens (tertiary/aromatic N) is 1. The summed E-state index contributed by atoms with van der Waals surface area (Å²) in [6, 6.07) is 7.63. The van der Waals surface area contributed by atoms with Crippen LogP contribution in [0.15, 0.2) is 24.3 Å². The van der Waals surface area contributed by atoms with E-state index in [4.69, 9.17) is 5.73 Å². The Morgan fingerprint density at radius 3 is 2.70 bits per heavy atom. The minimum absolute atomic E-state index is 0.0838. The van der Waals surface area contributed by atoms with Crippen molar-refractivity contribution in [2.24, 2.45) is 17.6 Å². The Hall–Kier alpha value is -0.930. The van der Waals surface area contributed by atoms with Crippen molar-refractivity contribution >= 4 is 0 Å². The fraction of sp³-hybridized carbons (Fsp3) is 0.647. The van der Waals surface area contributed by atoms with E-state index in [1.54, 1.807) is 12.1 Å². The van der Waals surface area contributed by atoms with Gasteiger partial charge >= 0.3 is 0 Å². The van der Waals surface area contributed by atoms with Gasteiger partial charge in [0.15, 0.2) is 0 Å². The molecule has 0 radical (unpaired) electrons. The molecule has 3 heteroatoms. The zero-order valence-electron chi connectivity index (χ0n) is 12.8. The van der Waals surface area contributed by atoms with Crippen LogP contribution in [0.4, 0.5) is 4.39 Å². The summed E-state index contributed by atoms with van der Waals surface area (Å²) in [7, 11) is 2.11. The molecule has 0 saturated heterocycles. The second kappa shape index (κ2) is 6.68. The van der Waals surface area contributed by atoms with Crippen molar-refractivity contribution < 1.29 is 4.39 Å². The molecular weight excluding hydrogens is 251 g/mol. The lowest BCUT2D eigenvalue weighted by Gasteiger charge is -2.42. The van der Waals surface area contributed by atoms with E-state index in [-0.39, 0.29) is 11.9 Å². The molecule has 1 aliphatic rings. The van der Waals surface area contributed by atoms with Crippen molar-refractivity contribution in [3.05, 3.63) is 35.6 Å². The SMILES string of the molecule is CC1CCC(CN)C(N(C)C(C)c2ccccc2F)C1. The van der Waals surface area contributed by atoms with Gasteiger partial charge in [0.25, 0.3) is 0 Å². The molecule has 0 spiro atoms. The summed E-state index contributed by atoms with van der Waals surface area (Å²) in [5, 5.41) is 0. The molecule has 2 nitrogen and oxygen atoms in total. The number of hydrogen-bond donors (Lipinski definition) is 1. The Balaban J connectivity index is 2.16. The third kappa shape index (κ3) is 3.21. The zero-order chi connectivity index (χ0) is 14.7. The summed E-state index contributed by atoms with van der Waals surface area (Å²) in [5.74, 6) is 1.16. The molecule has 20 heavy (non-hydrogen) atoms. The average Bonchev–Trinajstić information content (AvgIpc) is 2.46. The van der Waals surface area contributed by atoms with E-state index in [1.807, 2.05) is 12.1 Å². The summed E-state index contributed by atoms with van der Waals surface area (Å²) in [6.45, 7) is 5.12. The second-order valence-electron chi connectivity index (χ2n) is 6.34. The number of nitrogens with two attached hydrogens (primary N) is 1. The molecule has 2 N–H and O–H groups in total. The third-order valence-corrected chi connectivity index (χ3v) is 5.01. The van der Waals surface area contributed by atoms with Crippen molar-refractivity contribution in [3.8, 4) is 0 Å². The first-order valence-corrected chi connectivity index (χ1v) is 7.71. The molecule has 1 saturated carbocycles. The van der Waals surface area contributed by atoms with Crippen LogP contribution in [0.25, 0.3) is 0 Å². The molecule has 0 bridgehead atoms. The van der Waals surface area contributed by atoms with E-state index in [1.165, 1.54) is 12.8 Å². The highest BCUT2D eigenvalue weighted by atomic mass is 19.1. The zero-order valence-corrected chi connectivity index (χ0v) is 12.8. The second-order valence-corrected chi connectivity index (χ2v) is 6.34. The molecule has 1 aromatic carbocycles. The predicted molar refractivity (Wildman–Crippen MR) is 81.9 cm³/mol. The van der Waals surface area contributed by atoms with Gasteiger partial charge in [-0.1, -0.05) is 31.5 Å². The summed E-state index contributed by atoms with van der Waals surface area (Å²) in [4.78, 5) is 2.33. The molecule has 4 atom stereocenters. The Kier molecular flexibility index (Phi) is 5.17. The van der Waals surface area contributed by atoms with Crippen LogP contribution in [-0.4, -0.2) is 24.5 Å². The van der Waals surface area contributed by atoms with Gasteiger partial charge in [-0.05, 0) is 51.3 Å². The van der Waals surface area contributed by atoms with Crippen LogP contribution in [0.3, 0.4) is 0 Å². The molecule has 112 valence electrons. The van der Waals surface area contributed by atoms with Crippen LogP contribution in [0.2, 0.25) is 0 Å². The van der Waals surface area contributed by atoms with Crippen molar-refractivity contribution in [2.75, 3.05) is 13.6 Å². The molecule has 1 fully saturated rings. The van der Waals surface area contributed by atoms with Gasteiger partial charge in [-0.3, -0.25) is 4.90 Å². The van der Waals surface area contributed by atoms with Gasteiger partial charge in [0.2, 0.25) is 0 Å². The highest BCUT2D eigenvalue weighted by Crippen LogP contribution is 2.35. The molecular formula is C17H27FN2. The van der Waals surface area contributed by atoms with E-state index < -0.39 is 0 Å². The van der Waals surface area contributed by atoms with E-state index in [0.29, 0.717) is 12.0 Å². The van der Waals surface area contributed by atoms with Crippen molar-refractivity contribution in [1.29, 1.82) is 0 Å². The van der Waals surface area contributed by atoms with Gasteiger partial charge in [0, 0.05) is 17.6 Å². The summed E-state index contributed by atoms with van der Waals surface area (Å²) in [5.41, 5.74) is 6.73. The normalized spacial score (nSPS) is 28.6. The van der Waals surface area contributed by atoms with Crippen molar-refractivity contribution in [1.82, 2.24) is 4.90 Å². The monoisotopic (exact) mass is 278 g/mol. The topological polar surface area (TPSA) is 29.3 Å². The van der Waals surface area contributed by atoms with Crippen LogP contribution in [-0.2, 0) is 0 Å². The van der Waals surface area contributed by atoms with Gasteiger partial charge in [0.05, 0.1) is 0 Å². The van der Waals surface area contributed by atoms with Gasteiger partial charge in [-0.25, -0.2) is 4.39 Å². The Labute approximate surface area is 122 Å². The first kappa shape index (κ1) is 15.5. The maximum atomic E-state index is 14.0. The standard InChI is InChI=1S/C17H27FN2/c1-12-8-9-14(11-19)17(10-12)20(3)13(2)15-6-4-5-7-16(15)18/h4-7,12-14,17H,8-11,19H2,1-3H3. The minimum Gasteiger partial charge on any atom is -0.330 e. The first-order chi connectivity index (χ1) is 9.54. The lowest BCUT2D eigenvalue weighted by Crippen LogP contribution is -2.45. The smallest absolute Gasteiger partial charge is 0.127 e. The van der Waals surface area contributed by atoms with Crippen LogP contribution in [0, 0.1) is 17.7 Å².